The van der Waals surface area contributed by atoms with Gasteiger partial charge >= 0.3 is 65.1 Å². The van der Waals surface area contributed by atoms with Gasteiger partial charge < -0.3 is 20.1 Å². The summed E-state index contributed by atoms with van der Waals surface area (Å²) in [5.74, 6) is -3.22. The molecule has 0 bridgehead atoms. The van der Waals surface area contributed by atoms with Crippen molar-refractivity contribution < 1.29 is 84.0 Å². The average Bonchev–Trinajstić information content (AvgIpc) is 2.29. The fourth-order valence-corrected chi connectivity index (χ4v) is 1.19. The van der Waals surface area contributed by atoms with Gasteiger partial charge in [-0.05, 0) is 31.6 Å². The van der Waals surface area contributed by atoms with E-state index in [1.54, 1.807) is 6.08 Å². The Labute approximate surface area is 162 Å². The van der Waals surface area contributed by atoms with E-state index >= 15 is 0 Å². The molecule has 0 aliphatic rings. The Balaban J connectivity index is -0.00000144. The summed E-state index contributed by atoms with van der Waals surface area (Å²) in [5.41, 5.74) is 0. The van der Waals surface area contributed by atoms with Crippen LogP contribution in [0.1, 0.15) is 39.0 Å². The van der Waals surface area contributed by atoms with Crippen LogP contribution in [0, 0.1) is 0 Å². The first-order chi connectivity index (χ1) is 8.47. The number of carbonyl (C=O) groups is 2. The molecule has 0 saturated carbocycles. The van der Waals surface area contributed by atoms with Crippen molar-refractivity contribution in [2.75, 3.05) is 0 Å². The molecule has 0 aromatic rings. The molecule has 1 N–H and O–H groups in total. The normalized spacial score (nSPS) is 12.3. The van der Waals surface area contributed by atoms with E-state index in [9.17, 15) is 19.8 Å². The topological polar surface area (TPSA) is 113 Å². The molecule has 0 radical (unpaired) electrons. The van der Waals surface area contributed by atoms with Gasteiger partial charge in [-0.1, -0.05) is 25.5 Å². The first kappa shape index (κ1) is 25.1. The van der Waals surface area contributed by atoms with Gasteiger partial charge in [0.05, 0.1) is 0 Å². The monoisotopic (exact) mass is 301 g/mol. The van der Waals surface area contributed by atoms with Crippen LogP contribution in [0.3, 0.4) is 0 Å². The van der Waals surface area contributed by atoms with Crippen LogP contribution in [0.4, 0.5) is 0 Å². The van der Waals surface area contributed by atoms with E-state index in [2.05, 4.69) is 4.99 Å². The minimum atomic E-state index is -1.35. The molecule has 102 valence electrons. The molecule has 0 aliphatic heterocycles. The number of carboxylic acids is 2. The Kier molecular flexibility index (Phi) is 19.5. The maximum Gasteiger partial charge on any atom is 1.00 e. The van der Waals surface area contributed by atoms with Crippen LogP contribution < -0.4 is 69.3 Å². The molecule has 0 heterocycles. The quantitative estimate of drug-likeness (QED) is 0.197. The zero-order chi connectivity index (χ0) is 14.0. The summed E-state index contributed by atoms with van der Waals surface area (Å²) in [5, 5.41) is 30.3. The van der Waals surface area contributed by atoms with E-state index in [-0.39, 0.29) is 72.0 Å². The molecule has 0 fully saturated rings. The predicted molar refractivity (Wildman–Crippen MR) is 61.8 cm³/mol. The number of aliphatic carboxylic acids is 2. The second-order valence-electron chi connectivity index (χ2n) is 3.75. The van der Waals surface area contributed by atoms with Crippen LogP contribution in [0.5, 0.6) is 0 Å². The van der Waals surface area contributed by atoms with Gasteiger partial charge in [-0.2, -0.15) is 0 Å². The van der Waals surface area contributed by atoms with Crippen molar-refractivity contribution in [3.8, 4) is 0 Å². The zero-order valence-corrected chi connectivity index (χ0v) is 16.3. The van der Waals surface area contributed by atoms with Crippen molar-refractivity contribution in [3.63, 3.8) is 0 Å². The minimum absolute atomic E-state index is 0. The molecule has 0 aliphatic carbocycles. The zero-order valence-electron chi connectivity index (χ0n) is 12.3. The van der Waals surface area contributed by atoms with Gasteiger partial charge in [-0.15, -0.1) is 0 Å². The molecule has 0 amide bonds. The fraction of sp³-hybridized carbons (Fsp3) is 0.583. The van der Waals surface area contributed by atoms with Crippen LogP contribution >= 0.6 is 0 Å². The number of carboxylic acid groups (broad SMARTS) is 2. The first-order valence-electron chi connectivity index (χ1n) is 5.78. The Morgan fingerprint density at radius 2 is 1.85 bits per heavy atom. The molecule has 0 saturated heterocycles. The first-order valence-corrected chi connectivity index (χ1v) is 5.78. The van der Waals surface area contributed by atoms with Crippen LogP contribution in [0.2, 0.25) is 0 Å². The van der Waals surface area contributed by atoms with Gasteiger partial charge in [-0.25, -0.2) is 4.79 Å². The van der Waals surface area contributed by atoms with Gasteiger partial charge in [0, 0.05) is 5.97 Å². The van der Waals surface area contributed by atoms with Gasteiger partial charge in [0.25, 0.3) is 0 Å². The third-order valence-electron chi connectivity index (χ3n) is 2.12. The van der Waals surface area contributed by atoms with Crippen molar-refractivity contribution in [3.05, 3.63) is 12.2 Å². The number of rotatable bonds is 9. The summed E-state index contributed by atoms with van der Waals surface area (Å²) in [6, 6.07) is -1.31. The Bertz CT molecular complexity index is 345. The molecule has 0 aromatic heterocycles. The number of carbonyl (C=O) groups excluding carboxylic acids is 1. The molecule has 6 nitrogen and oxygen atoms in total. The molecular formula is C12H17NNa2O5. The van der Waals surface area contributed by atoms with E-state index in [4.69, 9.17) is 5.11 Å². The third-order valence-corrected chi connectivity index (χ3v) is 2.12. The summed E-state index contributed by atoms with van der Waals surface area (Å²) < 4.78 is 0. The van der Waals surface area contributed by atoms with Crippen LogP contribution in [0.15, 0.2) is 17.1 Å². The minimum Gasteiger partial charge on any atom is -0.862 e. The van der Waals surface area contributed by atoms with Crippen LogP contribution in [-0.2, 0) is 9.59 Å². The van der Waals surface area contributed by atoms with Crippen molar-refractivity contribution in [1.82, 2.24) is 0 Å². The second kappa shape index (κ2) is 15.5. The van der Waals surface area contributed by atoms with E-state index in [0.29, 0.717) is 0 Å². The summed E-state index contributed by atoms with van der Waals surface area (Å²) in [6.45, 7) is 2.00. The predicted octanol–water partition coefficient (Wildman–Crippen LogP) is -6.52. The Hall–Kier alpha value is 0.150. The third kappa shape index (κ3) is 14.6. The van der Waals surface area contributed by atoms with E-state index in [0.717, 1.165) is 12.8 Å². The standard InChI is InChI=1S/C12H19NO5.2Na/c1-2-3-4-5-6-10(14)13-9(12(17)18)7-8-11(15)16;;/h4-5,9H,2-3,6-8H2,1H3,(H,13,14)(H,15,16)(H,17,18);;/q;2*+1/p-2/b5-4+;;/t9-;;/m0../s1. The molecular weight excluding hydrogens is 284 g/mol. The Morgan fingerprint density at radius 3 is 2.30 bits per heavy atom. The maximum atomic E-state index is 11.3. The average molecular weight is 301 g/mol. The number of unbranched alkanes of at least 4 members (excludes halogenated alkanes) is 1. The maximum absolute atomic E-state index is 11.3. The molecule has 0 rings (SSSR count). The summed E-state index contributed by atoms with van der Waals surface area (Å²) in [4.78, 5) is 24.4. The van der Waals surface area contributed by atoms with Crippen molar-refractivity contribution in [2.24, 2.45) is 4.99 Å². The largest absolute Gasteiger partial charge is 1.00 e. The Morgan fingerprint density at radius 1 is 1.25 bits per heavy atom. The number of aliphatic imine (C=N–C) groups is 1. The summed E-state index contributed by atoms with van der Waals surface area (Å²) in [6.07, 6.45) is 4.64. The van der Waals surface area contributed by atoms with Crippen molar-refractivity contribution >= 4 is 17.8 Å². The van der Waals surface area contributed by atoms with Crippen molar-refractivity contribution in [1.29, 1.82) is 0 Å². The fourth-order valence-electron chi connectivity index (χ4n) is 1.19. The molecule has 0 unspecified atom stereocenters. The van der Waals surface area contributed by atoms with Crippen LogP contribution in [0.25, 0.3) is 0 Å². The second-order valence-corrected chi connectivity index (χ2v) is 3.75. The van der Waals surface area contributed by atoms with Gasteiger partial charge in [-0.3, -0.25) is 4.99 Å². The molecule has 20 heavy (non-hydrogen) atoms. The van der Waals surface area contributed by atoms with Gasteiger partial charge in [0.15, 0.2) is 0 Å². The molecule has 1 atom stereocenters. The van der Waals surface area contributed by atoms with E-state index in [1.807, 2.05) is 13.0 Å². The number of allylic oxidation sites excluding steroid dienone is 1. The van der Waals surface area contributed by atoms with Crippen LogP contribution in [-0.4, -0.2) is 29.0 Å². The number of nitrogens with zero attached hydrogens (tertiary/aromatic N) is 1. The number of hydrogen-bond donors (Lipinski definition) is 1. The summed E-state index contributed by atoms with van der Waals surface area (Å²) >= 11 is 0. The smallest absolute Gasteiger partial charge is 0.862 e. The molecule has 0 spiro atoms. The van der Waals surface area contributed by atoms with Gasteiger partial charge in [0.2, 0.25) is 0 Å². The van der Waals surface area contributed by atoms with E-state index < -0.39 is 30.3 Å². The summed E-state index contributed by atoms with van der Waals surface area (Å²) in [7, 11) is 0. The van der Waals surface area contributed by atoms with Crippen molar-refractivity contribution in [2.45, 2.75) is 45.1 Å². The molecule has 0 aromatic carbocycles. The van der Waals surface area contributed by atoms with E-state index in [1.165, 1.54) is 0 Å². The van der Waals surface area contributed by atoms with Gasteiger partial charge in [0.1, 0.15) is 6.04 Å². The number of hydrogen-bond acceptors (Lipinski definition) is 5. The SMILES string of the molecule is CCC/C=C/CC([O-])=N[C@@H](CCC(=O)[O-])C(=O)O.[Na+].[Na+]. The molecule has 8 heteroatoms.